The predicted molar refractivity (Wildman–Crippen MR) is 126 cm³/mol. The number of furan rings is 1. The molecule has 0 amide bonds. The predicted octanol–water partition coefficient (Wildman–Crippen LogP) is 8.07. The van der Waals surface area contributed by atoms with Crippen LogP contribution in [-0.2, 0) is 0 Å². The van der Waals surface area contributed by atoms with Gasteiger partial charge in [0, 0.05) is 23.9 Å². The van der Waals surface area contributed by atoms with Crippen LogP contribution in [0.15, 0.2) is 89.5 Å². The highest BCUT2D eigenvalue weighted by atomic mass is 16.3. The number of hydrogen-bond acceptors (Lipinski definition) is 2. The molecule has 5 aromatic rings. The number of nitrogens with zero attached hydrogens (tertiary/aromatic N) is 1. The van der Waals surface area contributed by atoms with Crippen molar-refractivity contribution in [3.8, 4) is 22.4 Å². The molecule has 30 heavy (non-hydrogen) atoms. The van der Waals surface area contributed by atoms with E-state index in [1.54, 1.807) is 6.20 Å². The van der Waals surface area contributed by atoms with E-state index in [4.69, 9.17) is 5.79 Å². The Balaban J connectivity index is 1.67. The first kappa shape index (κ1) is 17.5. The third kappa shape index (κ3) is 3.19. The van der Waals surface area contributed by atoms with Crippen molar-refractivity contribution in [2.24, 2.45) is 5.92 Å². The largest absolute Gasteiger partial charge is 0.455 e. The molecular weight excluding hydrogens is 366 g/mol. The van der Waals surface area contributed by atoms with Crippen molar-refractivity contribution in [1.29, 1.82) is 0 Å². The molecule has 2 heteroatoms. The van der Waals surface area contributed by atoms with Crippen molar-refractivity contribution in [2.45, 2.75) is 26.7 Å². The monoisotopic (exact) mass is 392 g/mol. The number of benzene rings is 3. The molecule has 0 aliphatic rings. The molecule has 1 atom stereocenters. The average molecular weight is 393 g/mol. The van der Waals surface area contributed by atoms with Crippen LogP contribution < -0.4 is 0 Å². The Bertz CT molecular complexity index is 1380. The lowest BCUT2D eigenvalue weighted by molar-refractivity contribution is 0.535. The first-order valence-electron chi connectivity index (χ1n) is 10.9. The van der Waals surface area contributed by atoms with Crippen LogP contribution in [0.25, 0.3) is 44.3 Å². The van der Waals surface area contributed by atoms with Gasteiger partial charge in [0.2, 0.25) is 0 Å². The molecule has 0 saturated carbocycles. The van der Waals surface area contributed by atoms with Gasteiger partial charge in [-0.05, 0) is 58.8 Å². The molecule has 2 nitrogen and oxygen atoms in total. The number of pyridine rings is 1. The number of fused-ring (bicyclic) bond motifs is 3. The van der Waals surface area contributed by atoms with Crippen molar-refractivity contribution in [3.63, 3.8) is 0 Å². The molecule has 0 aliphatic carbocycles. The topological polar surface area (TPSA) is 26.0 Å². The first-order valence-corrected chi connectivity index (χ1v) is 10.4. The Hall–Kier alpha value is -3.39. The van der Waals surface area contributed by atoms with Gasteiger partial charge in [-0.2, -0.15) is 0 Å². The molecule has 0 aliphatic heterocycles. The third-order valence-corrected chi connectivity index (χ3v) is 5.96. The van der Waals surface area contributed by atoms with E-state index in [0.29, 0.717) is 0 Å². The highest BCUT2D eigenvalue weighted by Crippen LogP contribution is 2.37. The maximum absolute atomic E-state index is 8.79. The van der Waals surface area contributed by atoms with Gasteiger partial charge in [0.05, 0.1) is 5.69 Å². The zero-order valence-electron chi connectivity index (χ0n) is 18.5. The van der Waals surface area contributed by atoms with Crippen LogP contribution in [0.5, 0.6) is 0 Å². The highest BCUT2D eigenvalue weighted by molar-refractivity contribution is 6.10. The number of hydrogen-bond donors (Lipinski definition) is 0. The second-order valence-electron chi connectivity index (χ2n) is 8.13. The minimum Gasteiger partial charge on any atom is -0.455 e. The lowest BCUT2D eigenvalue weighted by Gasteiger charge is -2.16. The molecule has 2 aromatic heterocycles. The molecule has 0 N–H and O–H groups in total. The van der Waals surface area contributed by atoms with E-state index in [-0.39, 0.29) is 5.92 Å². The Kier molecular flexibility index (Phi) is 4.34. The van der Waals surface area contributed by atoms with E-state index < -0.39 is 5.89 Å². The lowest BCUT2D eigenvalue weighted by Crippen LogP contribution is -2.02. The van der Waals surface area contributed by atoms with Crippen molar-refractivity contribution >= 4 is 21.9 Å². The van der Waals surface area contributed by atoms with E-state index in [1.807, 2.05) is 43.3 Å². The number of aromatic nitrogens is 1. The lowest BCUT2D eigenvalue weighted by atomic mass is 9.90. The minimum atomic E-state index is -0.677. The van der Waals surface area contributed by atoms with Crippen molar-refractivity contribution < 1.29 is 5.79 Å². The fourth-order valence-electron chi connectivity index (χ4n) is 3.97. The summed E-state index contributed by atoms with van der Waals surface area (Å²) in [6, 6.07) is 26.9. The van der Waals surface area contributed by atoms with Crippen LogP contribution in [0.1, 0.15) is 33.6 Å². The van der Waals surface area contributed by atoms with Crippen LogP contribution in [0.2, 0.25) is 0 Å². The van der Waals surface area contributed by atoms with Gasteiger partial charge >= 0.3 is 0 Å². The summed E-state index contributed by atoms with van der Waals surface area (Å²) < 4.78 is 15.2. The van der Waals surface area contributed by atoms with Gasteiger partial charge in [0.25, 0.3) is 0 Å². The summed E-state index contributed by atoms with van der Waals surface area (Å²) in [4.78, 5) is 4.62. The van der Waals surface area contributed by atoms with Crippen LogP contribution in [0.4, 0.5) is 0 Å². The normalized spacial score (nSPS) is 14.2. The molecule has 0 radical (unpaired) electrons. The average Bonchev–Trinajstić information content (AvgIpc) is 3.17. The summed E-state index contributed by atoms with van der Waals surface area (Å²) in [6.07, 6.45) is 1.80. The van der Waals surface area contributed by atoms with Crippen molar-refractivity contribution in [3.05, 3.63) is 90.6 Å². The molecule has 0 fully saturated rings. The molecule has 0 spiro atoms. The van der Waals surface area contributed by atoms with Crippen LogP contribution in [0, 0.1) is 5.92 Å². The molecular formula is C28H25NO. The van der Waals surface area contributed by atoms with Crippen LogP contribution in [0.3, 0.4) is 0 Å². The molecule has 1 unspecified atom stereocenters. The van der Waals surface area contributed by atoms with Crippen molar-refractivity contribution in [1.82, 2.24) is 4.98 Å². The number of rotatable bonds is 4. The molecule has 0 bridgehead atoms. The van der Waals surface area contributed by atoms with E-state index >= 15 is 0 Å². The highest BCUT2D eigenvalue weighted by Gasteiger charge is 2.16. The van der Waals surface area contributed by atoms with Gasteiger partial charge in [0.1, 0.15) is 11.2 Å². The van der Waals surface area contributed by atoms with Gasteiger partial charge in [-0.15, -0.1) is 0 Å². The fraction of sp³-hybridized carbons (Fsp3) is 0.179. The Morgan fingerprint density at radius 3 is 2.43 bits per heavy atom. The summed E-state index contributed by atoms with van der Waals surface area (Å²) in [5.74, 6) is -0.481. The summed E-state index contributed by atoms with van der Waals surface area (Å²) >= 11 is 0. The minimum absolute atomic E-state index is 0.196. The Labute approximate surface area is 178 Å². The van der Waals surface area contributed by atoms with E-state index in [9.17, 15) is 0 Å². The Morgan fingerprint density at radius 1 is 0.800 bits per heavy atom. The van der Waals surface area contributed by atoms with E-state index in [2.05, 4.69) is 61.3 Å². The summed E-state index contributed by atoms with van der Waals surface area (Å²) in [7, 11) is 0. The van der Waals surface area contributed by atoms with Crippen molar-refractivity contribution in [2.75, 3.05) is 0 Å². The van der Waals surface area contributed by atoms with Crippen LogP contribution in [-0.4, -0.2) is 4.98 Å². The quantitative estimate of drug-likeness (QED) is 0.309. The molecule has 0 saturated heterocycles. The maximum Gasteiger partial charge on any atom is 0.144 e. The summed E-state index contributed by atoms with van der Waals surface area (Å²) in [6.45, 7) is 6.12. The SMILES string of the molecule is [2H]C(C)(c1ccnc(-c2cccc3c2oc2cc(-c4ccccc4)ccc23)c1)C(C)C. The molecule has 2 heterocycles. The van der Waals surface area contributed by atoms with Gasteiger partial charge in [-0.3, -0.25) is 4.98 Å². The number of para-hydroxylation sites is 1. The first-order chi connectivity index (χ1) is 14.9. The zero-order chi connectivity index (χ0) is 21.6. The molecule has 3 aromatic carbocycles. The van der Waals surface area contributed by atoms with Gasteiger partial charge in [-0.1, -0.05) is 69.3 Å². The standard InChI is InChI=1S/C28H25NO/c1-18(2)19(3)21-14-15-29-26(16-21)25-11-7-10-24-23-13-12-22(17-27(23)30-28(24)25)20-8-5-4-6-9-20/h4-19H,1-3H3/i19D. The van der Waals surface area contributed by atoms with Crippen LogP contribution >= 0.6 is 0 Å². The van der Waals surface area contributed by atoms with Gasteiger partial charge in [-0.25, -0.2) is 0 Å². The zero-order valence-corrected chi connectivity index (χ0v) is 17.5. The molecule has 5 rings (SSSR count). The fourth-order valence-corrected chi connectivity index (χ4v) is 3.97. The van der Waals surface area contributed by atoms with E-state index in [0.717, 1.165) is 44.3 Å². The maximum atomic E-state index is 8.79. The van der Waals surface area contributed by atoms with Gasteiger partial charge in [0.15, 0.2) is 0 Å². The Morgan fingerprint density at radius 2 is 1.63 bits per heavy atom. The smallest absolute Gasteiger partial charge is 0.144 e. The van der Waals surface area contributed by atoms with E-state index in [1.165, 1.54) is 5.56 Å². The van der Waals surface area contributed by atoms with Gasteiger partial charge < -0.3 is 4.42 Å². The second kappa shape index (κ2) is 7.46. The second-order valence-corrected chi connectivity index (χ2v) is 8.13. The third-order valence-electron chi connectivity index (χ3n) is 5.96. The summed E-state index contributed by atoms with van der Waals surface area (Å²) in [5.41, 5.74) is 6.77. The summed E-state index contributed by atoms with van der Waals surface area (Å²) in [5, 5.41) is 2.18. The molecule has 148 valence electrons.